The molecule has 15 heavy (non-hydrogen) atoms. The Kier molecular flexibility index (Phi) is 4.08. The second-order valence-corrected chi connectivity index (χ2v) is 4.51. The number of hydrogen-bond acceptors (Lipinski definition) is 4. The van der Waals surface area contributed by atoms with Crippen molar-refractivity contribution in [2.45, 2.75) is 33.2 Å². The van der Waals surface area contributed by atoms with Crippen LogP contribution in [0.1, 0.15) is 23.4 Å². The Labute approximate surface area is 92.5 Å². The first-order chi connectivity index (χ1) is 7.06. The molecule has 0 bridgehead atoms. The highest BCUT2D eigenvalue weighted by molar-refractivity contribution is 7.09. The Morgan fingerprint density at radius 3 is 2.60 bits per heavy atom. The molecule has 0 fully saturated rings. The lowest BCUT2D eigenvalue weighted by Gasteiger charge is -2.03. The van der Waals surface area contributed by atoms with Crippen LogP contribution < -0.4 is 4.87 Å². The third-order valence-electron chi connectivity index (χ3n) is 2.37. The number of aromatic nitrogens is 1. The van der Waals surface area contributed by atoms with E-state index in [-0.39, 0.29) is 10.8 Å². The molecule has 5 heteroatoms. The van der Waals surface area contributed by atoms with Crippen molar-refractivity contribution in [2.24, 2.45) is 0 Å². The van der Waals surface area contributed by atoms with Crippen LogP contribution in [0, 0.1) is 13.8 Å². The number of esters is 1. The summed E-state index contributed by atoms with van der Waals surface area (Å²) < 4.78 is 6.24. The lowest BCUT2D eigenvalue weighted by Crippen LogP contribution is -2.15. The van der Waals surface area contributed by atoms with Gasteiger partial charge in [-0.25, -0.2) is 0 Å². The molecule has 0 radical (unpaired) electrons. The highest BCUT2D eigenvalue weighted by atomic mass is 32.1. The van der Waals surface area contributed by atoms with E-state index in [9.17, 15) is 9.59 Å². The molecule has 0 aliphatic heterocycles. The highest BCUT2D eigenvalue weighted by Gasteiger charge is 2.07. The number of carbonyl (C=O) groups is 1. The van der Waals surface area contributed by atoms with Crippen LogP contribution in [0.3, 0.4) is 0 Å². The van der Waals surface area contributed by atoms with Gasteiger partial charge in [-0.3, -0.25) is 9.59 Å². The first-order valence-corrected chi connectivity index (χ1v) is 5.61. The standard InChI is InChI=1S/C10H15NO3S/c1-7-8(2)15-10(13)11(7)6-4-5-9(12)14-3/h4-6H2,1-3H3. The number of ether oxygens (including phenoxy) is 1. The van der Waals surface area contributed by atoms with Gasteiger partial charge in [0.25, 0.3) is 0 Å². The largest absolute Gasteiger partial charge is 0.469 e. The van der Waals surface area contributed by atoms with Crippen molar-refractivity contribution in [1.29, 1.82) is 0 Å². The number of aryl methyl sites for hydroxylation is 1. The van der Waals surface area contributed by atoms with E-state index in [1.165, 1.54) is 18.4 Å². The van der Waals surface area contributed by atoms with Crippen molar-refractivity contribution in [2.75, 3.05) is 7.11 Å². The lowest BCUT2D eigenvalue weighted by atomic mass is 10.3. The maximum absolute atomic E-state index is 11.5. The average molecular weight is 229 g/mol. The molecule has 0 aromatic carbocycles. The number of nitrogens with zero attached hydrogens (tertiary/aromatic N) is 1. The van der Waals surface area contributed by atoms with Crippen LogP contribution in [0.25, 0.3) is 0 Å². The van der Waals surface area contributed by atoms with Gasteiger partial charge in [0.05, 0.1) is 7.11 Å². The van der Waals surface area contributed by atoms with Crippen molar-refractivity contribution < 1.29 is 9.53 Å². The van der Waals surface area contributed by atoms with Crippen LogP contribution in [0.4, 0.5) is 0 Å². The van der Waals surface area contributed by atoms with Gasteiger partial charge >= 0.3 is 10.8 Å². The molecule has 0 spiro atoms. The number of hydrogen-bond donors (Lipinski definition) is 0. The molecular formula is C10H15NO3S. The summed E-state index contributed by atoms with van der Waals surface area (Å²) in [7, 11) is 1.37. The van der Waals surface area contributed by atoms with E-state index >= 15 is 0 Å². The fourth-order valence-corrected chi connectivity index (χ4v) is 2.19. The van der Waals surface area contributed by atoms with Crippen molar-refractivity contribution in [3.63, 3.8) is 0 Å². The molecule has 1 aromatic heterocycles. The molecule has 1 aromatic rings. The quantitative estimate of drug-likeness (QED) is 0.735. The predicted octanol–water partition coefficient (Wildman–Crippen LogP) is 1.48. The first-order valence-electron chi connectivity index (χ1n) is 4.80. The predicted molar refractivity (Wildman–Crippen MR) is 59.3 cm³/mol. The molecule has 0 aliphatic rings. The fraction of sp³-hybridized carbons (Fsp3) is 0.600. The summed E-state index contributed by atoms with van der Waals surface area (Å²) in [5.41, 5.74) is 0.995. The van der Waals surface area contributed by atoms with Gasteiger partial charge in [0.1, 0.15) is 0 Å². The normalized spacial score (nSPS) is 10.3. The van der Waals surface area contributed by atoms with Gasteiger partial charge in [0, 0.05) is 23.5 Å². The van der Waals surface area contributed by atoms with Gasteiger partial charge < -0.3 is 9.30 Å². The molecule has 0 atom stereocenters. The van der Waals surface area contributed by atoms with Crippen molar-refractivity contribution in [3.8, 4) is 0 Å². The Balaban J connectivity index is 2.58. The highest BCUT2D eigenvalue weighted by Crippen LogP contribution is 2.10. The minimum atomic E-state index is -0.229. The van der Waals surface area contributed by atoms with E-state index in [4.69, 9.17) is 0 Å². The van der Waals surface area contributed by atoms with Crippen molar-refractivity contribution in [1.82, 2.24) is 4.57 Å². The molecule has 0 N–H and O–H groups in total. The molecule has 0 saturated heterocycles. The van der Waals surface area contributed by atoms with Gasteiger partial charge in [-0.15, -0.1) is 0 Å². The van der Waals surface area contributed by atoms with E-state index in [0.717, 1.165) is 10.6 Å². The van der Waals surface area contributed by atoms with E-state index in [0.29, 0.717) is 19.4 Å². The SMILES string of the molecule is COC(=O)CCCn1c(C)c(C)sc1=O. The van der Waals surface area contributed by atoms with E-state index in [1.54, 1.807) is 4.57 Å². The van der Waals surface area contributed by atoms with Gasteiger partial charge in [-0.05, 0) is 20.3 Å². The molecule has 1 heterocycles. The number of methoxy groups -OCH3 is 1. The fourth-order valence-electron chi connectivity index (χ4n) is 1.33. The van der Waals surface area contributed by atoms with Crippen molar-refractivity contribution >= 4 is 17.3 Å². The molecule has 84 valence electrons. The van der Waals surface area contributed by atoms with Gasteiger partial charge in [-0.2, -0.15) is 0 Å². The van der Waals surface area contributed by atoms with Crippen LogP contribution in [0.2, 0.25) is 0 Å². The zero-order chi connectivity index (χ0) is 11.4. The molecule has 4 nitrogen and oxygen atoms in total. The Hall–Kier alpha value is -1.10. The second-order valence-electron chi connectivity index (χ2n) is 3.34. The van der Waals surface area contributed by atoms with Crippen LogP contribution in [-0.4, -0.2) is 17.6 Å². The molecule has 0 aliphatic carbocycles. The number of thiazole rings is 1. The molecule has 1 rings (SSSR count). The zero-order valence-electron chi connectivity index (χ0n) is 9.20. The van der Waals surface area contributed by atoms with Crippen LogP contribution in [-0.2, 0) is 16.1 Å². The molecule has 0 unspecified atom stereocenters. The maximum atomic E-state index is 11.5. The Morgan fingerprint density at radius 1 is 1.47 bits per heavy atom. The summed E-state index contributed by atoms with van der Waals surface area (Å²) in [5.74, 6) is -0.229. The van der Waals surface area contributed by atoms with Crippen LogP contribution in [0.5, 0.6) is 0 Å². The van der Waals surface area contributed by atoms with E-state index in [1.807, 2.05) is 13.8 Å². The second kappa shape index (κ2) is 5.11. The third kappa shape index (κ3) is 2.92. The summed E-state index contributed by atoms with van der Waals surface area (Å²) in [4.78, 5) is 23.4. The van der Waals surface area contributed by atoms with Gasteiger partial charge in [-0.1, -0.05) is 11.3 Å². The number of rotatable bonds is 4. The Bertz CT molecular complexity index is 405. The van der Waals surface area contributed by atoms with Crippen molar-refractivity contribution in [3.05, 3.63) is 20.2 Å². The topological polar surface area (TPSA) is 48.3 Å². The molecule has 0 amide bonds. The van der Waals surface area contributed by atoms with Crippen LogP contribution in [0.15, 0.2) is 4.79 Å². The number of carbonyl (C=O) groups excluding carboxylic acids is 1. The molecule has 0 saturated carbocycles. The van der Waals surface area contributed by atoms with E-state index in [2.05, 4.69) is 4.74 Å². The maximum Gasteiger partial charge on any atom is 0.307 e. The Morgan fingerprint density at radius 2 is 2.13 bits per heavy atom. The van der Waals surface area contributed by atoms with Gasteiger partial charge in [0.15, 0.2) is 0 Å². The van der Waals surface area contributed by atoms with E-state index < -0.39 is 0 Å². The monoisotopic (exact) mass is 229 g/mol. The summed E-state index contributed by atoms with van der Waals surface area (Å²) in [6.07, 6.45) is 1.00. The summed E-state index contributed by atoms with van der Waals surface area (Å²) in [6.45, 7) is 4.44. The smallest absolute Gasteiger partial charge is 0.307 e. The average Bonchev–Trinajstić information content (AvgIpc) is 2.44. The van der Waals surface area contributed by atoms with Crippen LogP contribution >= 0.6 is 11.3 Å². The first kappa shape index (κ1) is 12.0. The van der Waals surface area contributed by atoms with Gasteiger partial charge in [0.2, 0.25) is 0 Å². The zero-order valence-corrected chi connectivity index (χ0v) is 10.0. The lowest BCUT2D eigenvalue weighted by molar-refractivity contribution is -0.140. The summed E-state index contributed by atoms with van der Waals surface area (Å²) in [5, 5.41) is 0. The summed E-state index contributed by atoms with van der Waals surface area (Å²) >= 11 is 1.25. The third-order valence-corrected chi connectivity index (χ3v) is 3.36. The minimum Gasteiger partial charge on any atom is -0.469 e. The minimum absolute atomic E-state index is 0.0508. The molecular weight excluding hydrogens is 214 g/mol. The summed E-state index contributed by atoms with van der Waals surface area (Å²) in [6, 6.07) is 0.